The van der Waals surface area contributed by atoms with Crippen LogP contribution in [0.15, 0.2) is 48.5 Å². The average Bonchev–Trinajstić information content (AvgIpc) is 2.60. The van der Waals surface area contributed by atoms with Crippen molar-refractivity contribution in [3.8, 4) is 0 Å². The van der Waals surface area contributed by atoms with Gasteiger partial charge in [-0.2, -0.15) is 0 Å². The zero-order valence-corrected chi connectivity index (χ0v) is 14.7. The van der Waals surface area contributed by atoms with Crippen LogP contribution in [0.3, 0.4) is 0 Å². The van der Waals surface area contributed by atoms with Gasteiger partial charge in [-0.25, -0.2) is 0 Å². The molecule has 126 valence electrons. The number of carbonyl (C=O) groups is 2. The van der Waals surface area contributed by atoms with Crippen LogP contribution in [-0.4, -0.2) is 44.4 Å². The number of nitrogens with one attached hydrogen (secondary N) is 1. The van der Waals surface area contributed by atoms with Crippen LogP contribution in [0.5, 0.6) is 0 Å². The lowest BCUT2D eigenvalue weighted by molar-refractivity contribution is -0.116. The molecular formula is C18H20ClN3O2. The van der Waals surface area contributed by atoms with Crippen LogP contribution >= 0.6 is 11.6 Å². The summed E-state index contributed by atoms with van der Waals surface area (Å²) in [6.45, 7) is 0.0741. The van der Waals surface area contributed by atoms with Crippen LogP contribution in [0.1, 0.15) is 10.4 Å². The quantitative estimate of drug-likeness (QED) is 0.905. The van der Waals surface area contributed by atoms with Gasteiger partial charge in [0.2, 0.25) is 5.91 Å². The minimum Gasteiger partial charge on any atom is -0.375 e. The number of hydrogen-bond donors (Lipinski definition) is 1. The van der Waals surface area contributed by atoms with Gasteiger partial charge < -0.3 is 15.1 Å². The summed E-state index contributed by atoms with van der Waals surface area (Å²) in [7, 11) is 5.08. The first-order valence-corrected chi connectivity index (χ1v) is 7.84. The third kappa shape index (κ3) is 4.26. The Balaban J connectivity index is 2.07. The third-order valence-corrected chi connectivity index (χ3v) is 3.90. The molecule has 0 spiro atoms. The Morgan fingerprint density at radius 2 is 1.71 bits per heavy atom. The van der Waals surface area contributed by atoms with Gasteiger partial charge in [-0.05, 0) is 30.3 Å². The van der Waals surface area contributed by atoms with Crippen molar-refractivity contribution in [2.24, 2.45) is 0 Å². The highest BCUT2D eigenvalue weighted by atomic mass is 35.5. The number of carbonyl (C=O) groups excluding carboxylic acids is 2. The van der Waals surface area contributed by atoms with Crippen molar-refractivity contribution >= 4 is 34.8 Å². The van der Waals surface area contributed by atoms with E-state index in [1.54, 1.807) is 44.2 Å². The maximum Gasteiger partial charge on any atom is 0.253 e. The number of amides is 2. The van der Waals surface area contributed by atoms with Crippen molar-refractivity contribution in [3.63, 3.8) is 0 Å². The molecule has 0 aliphatic heterocycles. The van der Waals surface area contributed by atoms with Gasteiger partial charge in [0.15, 0.2) is 0 Å². The number of hydrogen-bond acceptors (Lipinski definition) is 3. The van der Waals surface area contributed by atoms with Crippen molar-refractivity contribution in [1.29, 1.82) is 0 Å². The summed E-state index contributed by atoms with van der Waals surface area (Å²) in [6, 6.07) is 14.3. The van der Waals surface area contributed by atoms with Gasteiger partial charge >= 0.3 is 0 Å². The Bertz CT molecular complexity index is 732. The first-order valence-electron chi connectivity index (χ1n) is 7.47. The molecule has 6 heteroatoms. The standard InChI is InChI=1S/C18H20ClN3O2/c1-21(2)18(24)13-9-10-15(19)16(11-13)20-12-17(23)22(3)14-7-5-4-6-8-14/h4-11,20H,12H2,1-3H3. The molecular weight excluding hydrogens is 326 g/mol. The smallest absolute Gasteiger partial charge is 0.253 e. The molecule has 2 aromatic carbocycles. The second-order valence-corrected chi connectivity index (χ2v) is 5.94. The lowest BCUT2D eigenvalue weighted by atomic mass is 10.2. The van der Waals surface area contributed by atoms with Crippen LogP contribution in [0.4, 0.5) is 11.4 Å². The molecule has 0 saturated carbocycles. The topological polar surface area (TPSA) is 52.7 Å². The molecule has 0 fully saturated rings. The summed E-state index contributed by atoms with van der Waals surface area (Å²) < 4.78 is 0. The van der Waals surface area contributed by atoms with E-state index in [-0.39, 0.29) is 18.4 Å². The molecule has 2 rings (SSSR count). The predicted octanol–water partition coefficient (Wildman–Crippen LogP) is 3.12. The molecule has 2 amide bonds. The molecule has 0 bridgehead atoms. The number of benzene rings is 2. The Morgan fingerprint density at radius 1 is 1.04 bits per heavy atom. The number of nitrogens with zero attached hydrogens (tertiary/aromatic N) is 2. The molecule has 0 saturated heterocycles. The third-order valence-electron chi connectivity index (χ3n) is 3.57. The highest BCUT2D eigenvalue weighted by Crippen LogP contribution is 2.23. The summed E-state index contributed by atoms with van der Waals surface area (Å²) in [5.74, 6) is -0.232. The van der Waals surface area contributed by atoms with E-state index in [4.69, 9.17) is 11.6 Å². The highest BCUT2D eigenvalue weighted by Gasteiger charge is 2.13. The fraction of sp³-hybridized carbons (Fsp3) is 0.222. The van der Waals surface area contributed by atoms with Gasteiger partial charge in [0, 0.05) is 32.4 Å². The van der Waals surface area contributed by atoms with E-state index in [0.29, 0.717) is 16.3 Å². The Morgan fingerprint density at radius 3 is 2.33 bits per heavy atom. The largest absolute Gasteiger partial charge is 0.375 e. The predicted molar refractivity (Wildman–Crippen MR) is 97.8 cm³/mol. The van der Waals surface area contributed by atoms with E-state index < -0.39 is 0 Å². The van der Waals surface area contributed by atoms with Gasteiger partial charge in [0.25, 0.3) is 5.91 Å². The Kier molecular flexibility index (Phi) is 5.82. The first kappa shape index (κ1) is 17.8. The number of likely N-dealkylation sites (N-methyl/N-ethyl adjacent to an activating group) is 1. The van der Waals surface area contributed by atoms with Crippen molar-refractivity contribution in [2.75, 3.05) is 37.9 Å². The molecule has 0 heterocycles. The van der Waals surface area contributed by atoms with E-state index >= 15 is 0 Å². The first-order chi connectivity index (χ1) is 11.4. The number of halogens is 1. The molecule has 0 radical (unpaired) electrons. The van der Waals surface area contributed by atoms with Crippen LogP contribution in [0.25, 0.3) is 0 Å². The Labute approximate surface area is 146 Å². The molecule has 5 nitrogen and oxygen atoms in total. The number of anilines is 2. The second-order valence-electron chi connectivity index (χ2n) is 5.54. The van der Waals surface area contributed by atoms with E-state index in [1.807, 2.05) is 30.3 Å². The molecule has 0 aliphatic rings. The normalized spacial score (nSPS) is 10.2. The minimum atomic E-state index is -0.123. The number of rotatable bonds is 5. The number of para-hydroxylation sites is 1. The van der Waals surface area contributed by atoms with E-state index in [9.17, 15) is 9.59 Å². The van der Waals surface area contributed by atoms with Gasteiger partial charge in [-0.3, -0.25) is 9.59 Å². The van der Waals surface area contributed by atoms with E-state index in [1.165, 1.54) is 4.90 Å². The molecule has 2 aromatic rings. The van der Waals surface area contributed by atoms with E-state index in [2.05, 4.69) is 5.32 Å². The SMILES string of the molecule is CN(C)C(=O)c1ccc(Cl)c(NCC(=O)N(C)c2ccccc2)c1. The summed E-state index contributed by atoms with van der Waals surface area (Å²) in [6.07, 6.45) is 0. The molecule has 0 aliphatic carbocycles. The highest BCUT2D eigenvalue weighted by molar-refractivity contribution is 6.33. The second kappa shape index (κ2) is 7.84. The van der Waals surface area contributed by atoms with Crippen LogP contribution in [-0.2, 0) is 4.79 Å². The van der Waals surface area contributed by atoms with Crippen LogP contribution in [0.2, 0.25) is 5.02 Å². The summed E-state index contributed by atoms with van der Waals surface area (Å²) in [5, 5.41) is 3.46. The van der Waals surface area contributed by atoms with Gasteiger partial charge in [-0.15, -0.1) is 0 Å². The zero-order chi connectivity index (χ0) is 17.7. The lowest BCUT2D eigenvalue weighted by Gasteiger charge is -2.18. The van der Waals surface area contributed by atoms with Crippen molar-refractivity contribution in [1.82, 2.24) is 4.90 Å². The zero-order valence-electron chi connectivity index (χ0n) is 13.9. The van der Waals surface area contributed by atoms with Crippen molar-refractivity contribution < 1.29 is 9.59 Å². The molecule has 0 unspecified atom stereocenters. The summed E-state index contributed by atoms with van der Waals surface area (Å²) >= 11 is 6.15. The van der Waals surface area contributed by atoms with Crippen molar-refractivity contribution in [2.45, 2.75) is 0 Å². The van der Waals surface area contributed by atoms with Crippen LogP contribution in [0, 0.1) is 0 Å². The van der Waals surface area contributed by atoms with Gasteiger partial charge in [0.1, 0.15) is 0 Å². The minimum absolute atomic E-state index is 0.0741. The maximum absolute atomic E-state index is 12.3. The van der Waals surface area contributed by atoms with Gasteiger partial charge in [0.05, 0.1) is 17.3 Å². The lowest BCUT2D eigenvalue weighted by Crippen LogP contribution is -2.32. The molecule has 0 aromatic heterocycles. The van der Waals surface area contributed by atoms with E-state index in [0.717, 1.165) is 5.69 Å². The van der Waals surface area contributed by atoms with Gasteiger partial charge in [-0.1, -0.05) is 29.8 Å². The average molecular weight is 346 g/mol. The monoisotopic (exact) mass is 345 g/mol. The molecule has 1 N–H and O–H groups in total. The maximum atomic E-state index is 12.3. The van der Waals surface area contributed by atoms with Crippen molar-refractivity contribution in [3.05, 3.63) is 59.1 Å². The van der Waals surface area contributed by atoms with Crippen LogP contribution < -0.4 is 10.2 Å². The summed E-state index contributed by atoms with van der Waals surface area (Å²) in [5.41, 5.74) is 1.88. The summed E-state index contributed by atoms with van der Waals surface area (Å²) in [4.78, 5) is 27.4. The molecule has 24 heavy (non-hydrogen) atoms. The fourth-order valence-electron chi connectivity index (χ4n) is 2.14. The fourth-order valence-corrected chi connectivity index (χ4v) is 2.32. The Hall–Kier alpha value is -2.53. The molecule has 0 atom stereocenters.